The largest absolute Gasteiger partial charge is 0.508 e. The van der Waals surface area contributed by atoms with Gasteiger partial charge in [0.25, 0.3) is 0 Å². The standard InChI is InChI=1S/C42H68N10O15S/c1-21(2)13-25(44)35(60)47-27(14-22(3)4)37(62)49-29(16-33(56)57)39(64)48-28(15-23-8-10-24(55)11-9-23)38(63)52-32(20-68)42(67)51-31(19-54)41(66)50-30(18-53)40(65)46-26(7-5-6-12-43)36(61)45-17-34(58)59/h8-11,21-22,25-32,53-55,68H,5-7,12-20,43-44H2,1-4H3,(H,45,61)(H,46,65)(H,47,60)(H,48,64)(H,49,62)(H,50,66)(H,51,67)(H,52,63)(H,56,57)(H,58,59)/t25-,26-,27-,28-,29-,30-,31-,32-/m0/s1. The molecule has 25 nitrogen and oxygen atoms in total. The molecule has 26 heteroatoms. The van der Waals surface area contributed by atoms with Crippen LogP contribution in [0, 0.1) is 11.8 Å². The lowest BCUT2D eigenvalue weighted by Gasteiger charge is -2.27. The van der Waals surface area contributed by atoms with Crippen molar-refractivity contribution in [2.45, 2.75) is 121 Å². The van der Waals surface area contributed by atoms with Crippen molar-refractivity contribution in [2.24, 2.45) is 23.3 Å². The zero-order valence-corrected chi connectivity index (χ0v) is 39.4. The number of carboxylic acids is 2. The molecular weight excluding hydrogens is 917 g/mol. The number of nitrogens with one attached hydrogen (secondary N) is 8. The molecule has 1 aromatic rings. The number of aliphatic hydroxyl groups excluding tert-OH is 2. The molecule has 8 atom stereocenters. The SMILES string of the molecule is CC(C)C[C@H](NC(=O)[C@@H](N)CC(C)C)C(=O)N[C@@H](CC(=O)O)C(=O)N[C@@H](Cc1ccc(O)cc1)C(=O)N[C@@H](CS)C(=O)N[C@@H](CO)C(=O)N[C@@H](CO)C(=O)N[C@@H](CCCCN)C(=O)NCC(=O)O. The predicted octanol–water partition coefficient (Wildman–Crippen LogP) is -4.53. The first-order valence-corrected chi connectivity index (χ1v) is 22.5. The van der Waals surface area contributed by atoms with Crippen molar-refractivity contribution in [3.63, 3.8) is 0 Å². The van der Waals surface area contributed by atoms with Gasteiger partial charge in [-0.15, -0.1) is 0 Å². The summed E-state index contributed by atoms with van der Waals surface area (Å²) in [7, 11) is 0. The molecule has 1 rings (SSSR count). The van der Waals surface area contributed by atoms with Crippen LogP contribution in [0.25, 0.3) is 0 Å². The number of thiol groups is 1. The van der Waals surface area contributed by atoms with Crippen molar-refractivity contribution < 1.29 is 73.5 Å². The van der Waals surface area contributed by atoms with E-state index < -0.39 is 139 Å². The Hall–Kier alpha value is -6.09. The van der Waals surface area contributed by atoms with Gasteiger partial charge in [-0.3, -0.25) is 47.9 Å². The van der Waals surface area contributed by atoms with E-state index in [1.807, 2.05) is 13.8 Å². The minimum Gasteiger partial charge on any atom is -0.508 e. The van der Waals surface area contributed by atoms with E-state index in [0.29, 0.717) is 24.8 Å². The number of aliphatic carboxylic acids is 2. The summed E-state index contributed by atoms with van der Waals surface area (Å²) in [6.45, 7) is 4.62. The van der Waals surface area contributed by atoms with E-state index in [4.69, 9.17) is 16.6 Å². The molecule has 0 fully saturated rings. The Balaban J connectivity index is 3.32. The predicted molar refractivity (Wildman–Crippen MR) is 246 cm³/mol. The Morgan fingerprint density at radius 3 is 1.49 bits per heavy atom. The van der Waals surface area contributed by atoms with E-state index in [1.165, 1.54) is 24.3 Å². The van der Waals surface area contributed by atoms with Gasteiger partial charge in [-0.1, -0.05) is 39.8 Å². The number of nitrogens with two attached hydrogens (primary N) is 2. The van der Waals surface area contributed by atoms with Crippen molar-refractivity contribution in [3.8, 4) is 5.75 Å². The van der Waals surface area contributed by atoms with Crippen LogP contribution in [0.3, 0.4) is 0 Å². The average molecular weight is 985 g/mol. The second-order valence-electron chi connectivity index (χ2n) is 16.7. The molecule has 0 unspecified atom stereocenters. The summed E-state index contributed by atoms with van der Waals surface area (Å²) in [5.74, 6) is -11.6. The summed E-state index contributed by atoms with van der Waals surface area (Å²) in [6, 6.07) is -6.68. The molecule has 0 radical (unpaired) electrons. The molecule has 68 heavy (non-hydrogen) atoms. The van der Waals surface area contributed by atoms with E-state index in [2.05, 4.69) is 55.2 Å². The van der Waals surface area contributed by atoms with E-state index in [1.54, 1.807) is 13.8 Å². The first-order chi connectivity index (χ1) is 32.0. The third-order valence-corrected chi connectivity index (χ3v) is 10.2. The third-order valence-electron chi connectivity index (χ3n) is 9.86. The molecule has 0 aromatic heterocycles. The highest BCUT2D eigenvalue weighted by atomic mass is 32.1. The van der Waals surface area contributed by atoms with Gasteiger partial charge in [-0.25, -0.2) is 0 Å². The maximum absolute atomic E-state index is 13.9. The number of aliphatic hydroxyl groups is 2. The van der Waals surface area contributed by atoms with Gasteiger partial charge in [0.2, 0.25) is 47.3 Å². The minimum absolute atomic E-state index is 0.0140. The molecule has 0 spiro atoms. The number of aromatic hydroxyl groups is 1. The number of unbranched alkanes of at least 4 members (excludes halogenated alkanes) is 1. The number of rotatable bonds is 32. The zero-order valence-electron chi connectivity index (χ0n) is 38.5. The van der Waals surface area contributed by atoms with E-state index in [9.17, 15) is 68.4 Å². The highest BCUT2D eigenvalue weighted by Gasteiger charge is 2.35. The van der Waals surface area contributed by atoms with Crippen molar-refractivity contribution >= 4 is 71.8 Å². The number of phenolic OH excluding ortho intramolecular Hbond substituents is 1. The summed E-state index contributed by atoms with van der Waals surface area (Å²) in [4.78, 5) is 129. The summed E-state index contributed by atoms with van der Waals surface area (Å²) >= 11 is 4.12. The third kappa shape index (κ3) is 22.6. The van der Waals surface area contributed by atoms with Gasteiger partial charge in [-0.05, 0) is 68.2 Å². The van der Waals surface area contributed by atoms with E-state index in [-0.39, 0.29) is 43.4 Å². The van der Waals surface area contributed by atoms with Crippen LogP contribution in [0.1, 0.15) is 71.8 Å². The Morgan fingerprint density at radius 1 is 0.559 bits per heavy atom. The minimum atomic E-state index is -1.81. The van der Waals surface area contributed by atoms with Crippen LogP contribution >= 0.6 is 12.6 Å². The van der Waals surface area contributed by atoms with Crippen LogP contribution in [0.5, 0.6) is 5.75 Å². The Labute approximate surface area is 398 Å². The lowest BCUT2D eigenvalue weighted by molar-refractivity contribution is -0.141. The van der Waals surface area contributed by atoms with Gasteiger partial charge in [0, 0.05) is 12.2 Å². The van der Waals surface area contributed by atoms with Crippen molar-refractivity contribution in [1.29, 1.82) is 0 Å². The van der Waals surface area contributed by atoms with Crippen LogP contribution in [0.4, 0.5) is 0 Å². The topological polar surface area (TPSA) is 420 Å². The molecule has 0 heterocycles. The average Bonchev–Trinajstić information content (AvgIpc) is 3.26. The van der Waals surface area contributed by atoms with E-state index in [0.717, 1.165) is 0 Å². The first kappa shape index (κ1) is 59.9. The monoisotopic (exact) mass is 984 g/mol. The Kier molecular flexibility index (Phi) is 27.4. The van der Waals surface area contributed by atoms with Crippen LogP contribution in [-0.2, 0) is 54.4 Å². The number of carbonyl (C=O) groups is 10. The highest BCUT2D eigenvalue weighted by Crippen LogP contribution is 2.13. The lowest BCUT2D eigenvalue weighted by atomic mass is 10.00. The highest BCUT2D eigenvalue weighted by molar-refractivity contribution is 7.80. The zero-order chi connectivity index (χ0) is 51.7. The number of benzene rings is 1. The normalized spacial score (nSPS) is 14.6. The second-order valence-corrected chi connectivity index (χ2v) is 17.1. The quantitative estimate of drug-likeness (QED) is 0.0239. The molecule has 0 saturated carbocycles. The molecule has 0 aliphatic carbocycles. The fourth-order valence-corrected chi connectivity index (χ4v) is 6.58. The number of hydrogen-bond acceptors (Lipinski definition) is 16. The summed E-state index contributed by atoms with van der Waals surface area (Å²) < 4.78 is 0. The molecule has 17 N–H and O–H groups in total. The number of amides is 8. The molecule has 0 bridgehead atoms. The van der Waals surface area contributed by atoms with Crippen LogP contribution in [-0.4, -0.2) is 165 Å². The van der Waals surface area contributed by atoms with Crippen LogP contribution < -0.4 is 54.0 Å². The maximum Gasteiger partial charge on any atom is 0.322 e. The summed E-state index contributed by atoms with van der Waals surface area (Å²) in [6.07, 6.45) is -0.117. The van der Waals surface area contributed by atoms with Crippen LogP contribution in [0.15, 0.2) is 24.3 Å². The summed E-state index contributed by atoms with van der Waals surface area (Å²) in [5.41, 5.74) is 11.9. The molecule has 8 amide bonds. The van der Waals surface area contributed by atoms with Crippen LogP contribution in [0.2, 0.25) is 0 Å². The van der Waals surface area contributed by atoms with Gasteiger partial charge in [0.05, 0.1) is 25.7 Å². The number of carboxylic acid groups (broad SMARTS) is 2. The summed E-state index contributed by atoms with van der Waals surface area (Å²) in [5, 5.41) is 66.9. The smallest absolute Gasteiger partial charge is 0.322 e. The molecule has 0 aliphatic rings. The first-order valence-electron chi connectivity index (χ1n) is 21.9. The molecule has 382 valence electrons. The lowest BCUT2D eigenvalue weighted by Crippen LogP contribution is -2.61. The number of carbonyl (C=O) groups excluding carboxylic acids is 8. The van der Waals surface area contributed by atoms with E-state index >= 15 is 0 Å². The van der Waals surface area contributed by atoms with Gasteiger partial charge >= 0.3 is 11.9 Å². The van der Waals surface area contributed by atoms with Gasteiger partial charge in [0.15, 0.2) is 0 Å². The fourth-order valence-electron chi connectivity index (χ4n) is 6.32. The number of hydrogen-bond donors (Lipinski definition) is 16. The molecular formula is C42H68N10O15S. The maximum atomic E-state index is 13.9. The fraction of sp³-hybridized carbons (Fsp3) is 0.619. The van der Waals surface area contributed by atoms with Crippen molar-refractivity contribution in [1.82, 2.24) is 42.5 Å². The van der Waals surface area contributed by atoms with Crippen molar-refractivity contribution in [2.75, 3.05) is 32.1 Å². The van der Waals surface area contributed by atoms with Gasteiger partial charge in [0.1, 0.15) is 54.6 Å². The molecule has 0 saturated heterocycles. The molecule has 1 aromatic carbocycles. The van der Waals surface area contributed by atoms with Crippen molar-refractivity contribution in [3.05, 3.63) is 29.8 Å². The van der Waals surface area contributed by atoms with Gasteiger partial charge < -0.3 is 79.5 Å². The Bertz CT molecular complexity index is 1870. The van der Waals surface area contributed by atoms with Gasteiger partial charge in [-0.2, -0.15) is 12.6 Å². The number of phenols is 1. The second kappa shape index (κ2) is 31.0. The molecule has 0 aliphatic heterocycles. The Morgan fingerprint density at radius 2 is 1.00 bits per heavy atom.